The standard InChI is InChI=1S/C23H32N2O2S/c1-14-15(2)22(27-4)8-7-21(14)16(3)25-19-5-6-20(25)12-18(11-19)24-23(26)17-9-10-28-13-17/h7-10,16-20H,5-6,11-13H2,1-4H3,(H,24,26). The fourth-order valence-electron chi connectivity index (χ4n) is 5.45. The van der Waals surface area contributed by atoms with Crippen molar-refractivity contribution in [3.05, 3.63) is 40.3 Å². The SMILES string of the molecule is COc1ccc(C(C)N2C3CCC2CC(NC(=O)C2C=CSC2)C3)c(C)c1C. The molecule has 0 spiro atoms. The average molecular weight is 401 g/mol. The number of thioether (sulfide) groups is 1. The van der Waals surface area contributed by atoms with Crippen LogP contribution in [0, 0.1) is 19.8 Å². The second-order valence-corrected chi connectivity index (χ2v) is 9.50. The predicted molar refractivity (Wildman–Crippen MR) is 116 cm³/mol. The number of fused-ring (bicyclic) bond motifs is 2. The molecule has 1 aromatic rings. The Morgan fingerprint density at radius 3 is 2.54 bits per heavy atom. The zero-order valence-corrected chi connectivity index (χ0v) is 18.2. The Morgan fingerprint density at radius 1 is 1.21 bits per heavy atom. The van der Waals surface area contributed by atoms with Crippen LogP contribution in [0.5, 0.6) is 5.75 Å². The van der Waals surface area contributed by atoms with Gasteiger partial charge in [-0.25, -0.2) is 0 Å². The summed E-state index contributed by atoms with van der Waals surface area (Å²) in [6.07, 6.45) is 6.68. The van der Waals surface area contributed by atoms with Gasteiger partial charge in [0.15, 0.2) is 0 Å². The molecule has 2 bridgehead atoms. The molecule has 3 aliphatic heterocycles. The van der Waals surface area contributed by atoms with Crippen molar-refractivity contribution in [2.45, 2.75) is 70.6 Å². The lowest BCUT2D eigenvalue weighted by Crippen LogP contribution is -2.51. The van der Waals surface area contributed by atoms with Crippen molar-refractivity contribution in [2.24, 2.45) is 5.92 Å². The van der Waals surface area contributed by atoms with E-state index in [0.29, 0.717) is 24.2 Å². The molecule has 4 unspecified atom stereocenters. The minimum Gasteiger partial charge on any atom is -0.496 e. The van der Waals surface area contributed by atoms with Gasteiger partial charge in [0, 0.05) is 29.9 Å². The molecule has 2 fully saturated rings. The molecular formula is C23H32N2O2S. The number of nitrogens with one attached hydrogen (secondary N) is 1. The van der Waals surface area contributed by atoms with Gasteiger partial charge in [0.2, 0.25) is 5.91 Å². The largest absolute Gasteiger partial charge is 0.496 e. The number of carbonyl (C=O) groups excluding carboxylic acids is 1. The third-order valence-electron chi connectivity index (χ3n) is 7.05. The fraction of sp³-hybridized carbons (Fsp3) is 0.609. The first-order valence-corrected chi connectivity index (χ1v) is 11.5. The molecule has 5 heteroatoms. The summed E-state index contributed by atoms with van der Waals surface area (Å²) in [6, 6.07) is 6.20. The molecule has 4 nitrogen and oxygen atoms in total. The number of nitrogens with zero attached hydrogens (tertiary/aromatic N) is 1. The number of hydrogen-bond acceptors (Lipinski definition) is 4. The van der Waals surface area contributed by atoms with E-state index in [9.17, 15) is 4.79 Å². The van der Waals surface area contributed by atoms with Crippen LogP contribution in [0.2, 0.25) is 0 Å². The van der Waals surface area contributed by atoms with Crippen LogP contribution < -0.4 is 10.1 Å². The third kappa shape index (κ3) is 3.59. The summed E-state index contributed by atoms with van der Waals surface area (Å²) >= 11 is 1.73. The van der Waals surface area contributed by atoms with E-state index in [1.54, 1.807) is 18.9 Å². The number of methoxy groups -OCH3 is 1. The van der Waals surface area contributed by atoms with Gasteiger partial charge in [0.1, 0.15) is 5.75 Å². The summed E-state index contributed by atoms with van der Waals surface area (Å²) in [4.78, 5) is 15.2. The van der Waals surface area contributed by atoms with Crippen LogP contribution in [0.15, 0.2) is 23.6 Å². The summed E-state index contributed by atoms with van der Waals surface area (Å²) in [5.74, 6) is 2.14. The van der Waals surface area contributed by atoms with Gasteiger partial charge in [-0.05, 0) is 74.6 Å². The topological polar surface area (TPSA) is 41.6 Å². The highest BCUT2D eigenvalue weighted by molar-refractivity contribution is 8.02. The maximum atomic E-state index is 12.5. The van der Waals surface area contributed by atoms with Crippen LogP contribution in [-0.4, -0.2) is 41.8 Å². The van der Waals surface area contributed by atoms with Gasteiger partial charge in [0.05, 0.1) is 13.0 Å². The molecule has 0 radical (unpaired) electrons. The van der Waals surface area contributed by atoms with Gasteiger partial charge in [-0.1, -0.05) is 12.1 Å². The number of amides is 1. The second-order valence-electron chi connectivity index (χ2n) is 8.56. The molecule has 3 heterocycles. The molecule has 0 aromatic heterocycles. The highest BCUT2D eigenvalue weighted by atomic mass is 32.2. The van der Waals surface area contributed by atoms with E-state index in [1.165, 1.54) is 29.5 Å². The van der Waals surface area contributed by atoms with Crippen molar-refractivity contribution in [3.8, 4) is 5.75 Å². The molecule has 1 N–H and O–H groups in total. The number of piperidine rings is 1. The van der Waals surface area contributed by atoms with E-state index >= 15 is 0 Å². The lowest BCUT2D eigenvalue weighted by molar-refractivity contribution is -0.124. The number of hydrogen-bond donors (Lipinski definition) is 1. The predicted octanol–water partition coefficient (Wildman–Crippen LogP) is 4.36. The first-order chi connectivity index (χ1) is 13.5. The summed E-state index contributed by atoms with van der Waals surface area (Å²) in [5, 5.41) is 5.40. The first kappa shape index (κ1) is 19.8. The minimum absolute atomic E-state index is 0.0598. The van der Waals surface area contributed by atoms with Crippen molar-refractivity contribution >= 4 is 17.7 Å². The number of carbonyl (C=O) groups is 1. The highest BCUT2D eigenvalue weighted by Crippen LogP contribution is 2.43. The van der Waals surface area contributed by atoms with Crippen LogP contribution in [0.4, 0.5) is 0 Å². The van der Waals surface area contributed by atoms with Gasteiger partial charge in [-0.15, -0.1) is 11.8 Å². The number of benzene rings is 1. The molecule has 3 aliphatic rings. The van der Waals surface area contributed by atoms with Gasteiger partial charge in [-0.3, -0.25) is 9.69 Å². The highest BCUT2D eigenvalue weighted by Gasteiger charge is 2.44. The van der Waals surface area contributed by atoms with Crippen LogP contribution in [0.3, 0.4) is 0 Å². The molecule has 1 amide bonds. The maximum Gasteiger partial charge on any atom is 0.228 e. The third-order valence-corrected chi connectivity index (χ3v) is 7.95. The van der Waals surface area contributed by atoms with Crippen molar-refractivity contribution in [1.82, 2.24) is 10.2 Å². The minimum atomic E-state index is 0.0598. The van der Waals surface area contributed by atoms with E-state index in [-0.39, 0.29) is 11.8 Å². The van der Waals surface area contributed by atoms with Crippen molar-refractivity contribution < 1.29 is 9.53 Å². The quantitative estimate of drug-likeness (QED) is 0.797. The summed E-state index contributed by atoms with van der Waals surface area (Å²) in [6.45, 7) is 6.71. The molecule has 4 rings (SSSR count). The van der Waals surface area contributed by atoms with Crippen LogP contribution in [0.25, 0.3) is 0 Å². The lowest BCUT2D eigenvalue weighted by Gasteiger charge is -2.43. The molecule has 1 aromatic carbocycles. The monoisotopic (exact) mass is 400 g/mol. The smallest absolute Gasteiger partial charge is 0.228 e. The van der Waals surface area contributed by atoms with Gasteiger partial charge in [-0.2, -0.15) is 0 Å². The van der Waals surface area contributed by atoms with Crippen LogP contribution in [-0.2, 0) is 4.79 Å². The summed E-state index contributed by atoms with van der Waals surface area (Å²) in [5.41, 5.74) is 3.99. The normalized spacial score (nSPS) is 30.4. The van der Waals surface area contributed by atoms with E-state index in [4.69, 9.17) is 4.74 Å². The zero-order chi connectivity index (χ0) is 19.8. The lowest BCUT2D eigenvalue weighted by atomic mass is 9.91. The molecule has 0 aliphatic carbocycles. The maximum absolute atomic E-state index is 12.5. The Balaban J connectivity index is 1.45. The Hall–Kier alpha value is -1.46. The van der Waals surface area contributed by atoms with Crippen molar-refractivity contribution in [2.75, 3.05) is 12.9 Å². The summed E-state index contributed by atoms with van der Waals surface area (Å²) in [7, 11) is 1.74. The second kappa shape index (κ2) is 8.11. The average Bonchev–Trinajstić information content (AvgIpc) is 3.30. The van der Waals surface area contributed by atoms with E-state index in [1.807, 2.05) is 6.08 Å². The zero-order valence-electron chi connectivity index (χ0n) is 17.4. The van der Waals surface area contributed by atoms with Crippen LogP contribution >= 0.6 is 11.8 Å². The molecule has 0 saturated carbocycles. The molecular weight excluding hydrogens is 368 g/mol. The Bertz CT molecular complexity index is 764. The van der Waals surface area contributed by atoms with E-state index in [0.717, 1.165) is 24.3 Å². The molecule has 152 valence electrons. The van der Waals surface area contributed by atoms with Gasteiger partial charge < -0.3 is 10.1 Å². The molecule has 4 atom stereocenters. The molecule has 2 saturated heterocycles. The van der Waals surface area contributed by atoms with Crippen LogP contribution in [0.1, 0.15) is 55.3 Å². The fourth-order valence-corrected chi connectivity index (χ4v) is 6.33. The Morgan fingerprint density at radius 2 is 1.93 bits per heavy atom. The van der Waals surface area contributed by atoms with Crippen molar-refractivity contribution in [3.63, 3.8) is 0 Å². The van der Waals surface area contributed by atoms with Crippen molar-refractivity contribution in [1.29, 1.82) is 0 Å². The Labute approximate surface area is 173 Å². The Kier molecular flexibility index (Phi) is 5.75. The molecule has 28 heavy (non-hydrogen) atoms. The number of ether oxygens (including phenoxy) is 1. The van der Waals surface area contributed by atoms with E-state index < -0.39 is 0 Å². The number of rotatable bonds is 5. The van der Waals surface area contributed by atoms with Gasteiger partial charge in [0.25, 0.3) is 0 Å². The first-order valence-electron chi connectivity index (χ1n) is 10.5. The summed E-state index contributed by atoms with van der Waals surface area (Å²) < 4.78 is 5.49. The van der Waals surface area contributed by atoms with Gasteiger partial charge >= 0.3 is 0 Å². The van der Waals surface area contributed by atoms with E-state index in [2.05, 4.69) is 48.5 Å².